The Bertz CT molecular complexity index is 1550. The molecule has 0 aliphatic rings. The molecule has 0 atom stereocenters. The average molecular weight is 657 g/mol. The van der Waals surface area contributed by atoms with E-state index >= 15 is 0 Å². The summed E-state index contributed by atoms with van der Waals surface area (Å²) in [5.41, 5.74) is 1.85. The summed E-state index contributed by atoms with van der Waals surface area (Å²) in [6.45, 7) is 4.94. The molecule has 10 nitrogen and oxygen atoms in total. The van der Waals surface area contributed by atoms with Crippen LogP contribution in [0.4, 0.5) is 20.2 Å². The summed E-state index contributed by atoms with van der Waals surface area (Å²) in [5.74, 6) is -0.396. The van der Waals surface area contributed by atoms with Crippen molar-refractivity contribution in [2.24, 2.45) is 0 Å². The summed E-state index contributed by atoms with van der Waals surface area (Å²) in [4.78, 5) is 25.6. The molecule has 41 heavy (non-hydrogen) atoms. The molecule has 1 aromatic heterocycles. The molecule has 2 aromatic carbocycles. The summed E-state index contributed by atoms with van der Waals surface area (Å²) in [5, 5.41) is 3.63. The van der Waals surface area contributed by atoms with Gasteiger partial charge in [0, 0.05) is 6.61 Å². The van der Waals surface area contributed by atoms with E-state index in [4.69, 9.17) is 39.5 Å². The molecule has 0 aliphatic carbocycles. The van der Waals surface area contributed by atoms with Crippen molar-refractivity contribution in [2.75, 3.05) is 35.1 Å². The molecule has 226 valence electrons. The second kappa shape index (κ2) is 15.0. The molecule has 3 aromatic rings. The standard InChI is InChI=1S/C14H20ClNO2.C11H10Cl2F2N4O3S/c1-4-12-8-6-7-11(3)14(12)16(10-18-5-2)13(17)9-15;1-5-16-19(11(20)18(5)10(14)15)9-4-8(17-23(2,21)22)6(12)3-7(9)13/h6-8H,4-5,9-10H2,1-3H3;3-4,10,17H,1-2H3. The van der Waals surface area contributed by atoms with Gasteiger partial charge in [0.2, 0.25) is 15.9 Å². The molecular weight excluding hydrogens is 627 g/mol. The van der Waals surface area contributed by atoms with Crippen molar-refractivity contribution < 1.29 is 26.7 Å². The molecule has 0 spiro atoms. The number of carbonyl (C=O) groups is 1. The number of sulfonamides is 1. The van der Waals surface area contributed by atoms with Crippen molar-refractivity contribution in [3.05, 3.63) is 67.8 Å². The molecule has 0 aliphatic heterocycles. The third-order valence-electron chi connectivity index (χ3n) is 5.55. The zero-order valence-electron chi connectivity index (χ0n) is 22.9. The van der Waals surface area contributed by atoms with Crippen LogP contribution in [0.3, 0.4) is 0 Å². The van der Waals surface area contributed by atoms with Gasteiger partial charge in [0.05, 0.1) is 33.4 Å². The molecule has 0 radical (unpaired) electrons. The van der Waals surface area contributed by atoms with Crippen LogP contribution in [0.25, 0.3) is 5.69 Å². The van der Waals surface area contributed by atoms with Crippen LogP contribution in [0.1, 0.15) is 37.3 Å². The Morgan fingerprint density at radius 2 is 1.83 bits per heavy atom. The minimum atomic E-state index is -3.65. The highest BCUT2D eigenvalue weighted by molar-refractivity contribution is 7.92. The largest absolute Gasteiger partial charge is 0.361 e. The van der Waals surface area contributed by atoms with E-state index in [1.165, 1.54) is 13.0 Å². The van der Waals surface area contributed by atoms with Crippen molar-refractivity contribution in [1.29, 1.82) is 0 Å². The Labute approximate surface area is 251 Å². The van der Waals surface area contributed by atoms with Crippen molar-refractivity contribution in [1.82, 2.24) is 14.3 Å². The number of alkyl halides is 3. The lowest BCUT2D eigenvalue weighted by molar-refractivity contribution is -0.117. The van der Waals surface area contributed by atoms with Gasteiger partial charge in [-0.1, -0.05) is 48.3 Å². The van der Waals surface area contributed by atoms with Crippen molar-refractivity contribution >= 4 is 62.1 Å². The first-order valence-corrected chi connectivity index (χ1v) is 15.3. The van der Waals surface area contributed by atoms with E-state index in [2.05, 4.69) is 16.7 Å². The fraction of sp³-hybridized carbons (Fsp3) is 0.400. The number of nitrogens with one attached hydrogen (secondary N) is 1. The first-order valence-electron chi connectivity index (χ1n) is 12.1. The number of hydrogen-bond acceptors (Lipinski definition) is 6. The molecule has 16 heteroatoms. The van der Waals surface area contributed by atoms with Gasteiger partial charge in [-0.15, -0.1) is 16.7 Å². The fourth-order valence-corrected chi connectivity index (χ4v) is 5.02. The van der Waals surface area contributed by atoms with Crippen LogP contribution in [0, 0.1) is 13.8 Å². The van der Waals surface area contributed by atoms with Crippen molar-refractivity contribution in [3.8, 4) is 5.69 Å². The number of amides is 1. The first kappa shape index (κ1) is 34.5. The van der Waals surface area contributed by atoms with Gasteiger partial charge < -0.3 is 4.74 Å². The summed E-state index contributed by atoms with van der Waals surface area (Å²) >= 11 is 17.5. The maximum Gasteiger partial charge on any atom is 0.355 e. The maximum atomic E-state index is 12.8. The van der Waals surface area contributed by atoms with Gasteiger partial charge in [-0.25, -0.2) is 17.8 Å². The van der Waals surface area contributed by atoms with Crippen molar-refractivity contribution in [2.45, 2.75) is 40.7 Å². The molecule has 3 rings (SSSR count). The number of rotatable bonds is 10. The number of para-hydroxylation sites is 1. The molecule has 0 bridgehead atoms. The summed E-state index contributed by atoms with van der Waals surface area (Å²) < 4.78 is 56.6. The highest BCUT2D eigenvalue weighted by Gasteiger charge is 2.22. The van der Waals surface area contributed by atoms with Crippen LogP contribution in [0.15, 0.2) is 35.1 Å². The molecule has 0 saturated carbocycles. The van der Waals surface area contributed by atoms with E-state index in [1.807, 2.05) is 32.0 Å². The van der Waals surface area contributed by atoms with E-state index in [0.717, 1.165) is 35.6 Å². The topological polar surface area (TPSA) is 116 Å². The lowest BCUT2D eigenvalue weighted by Crippen LogP contribution is -2.35. The highest BCUT2D eigenvalue weighted by Crippen LogP contribution is 2.31. The zero-order valence-corrected chi connectivity index (χ0v) is 26.0. The van der Waals surface area contributed by atoms with Crippen LogP contribution in [-0.4, -0.2) is 54.1 Å². The van der Waals surface area contributed by atoms with E-state index in [9.17, 15) is 26.8 Å². The minimum absolute atomic E-state index is 0.0257. The molecule has 0 fully saturated rings. The summed E-state index contributed by atoms with van der Waals surface area (Å²) in [6.07, 6.45) is 1.77. The Morgan fingerprint density at radius 1 is 1.17 bits per heavy atom. The lowest BCUT2D eigenvalue weighted by Gasteiger charge is -2.25. The summed E-state index contributed by atoms with van der Waals surface area (Å²) in [6, 6.07) is 8.34. The number of nitrogens with zero attached hydrogens (tertiary/aromatic N) is 4. The quantitative estimate of drug-likeness (QED) is 0.226. The Kier molecular flexibility index (Phi) is 12.6. The number of anilines is 2. The summed E-state index contributed by atoms with van der Waals surface area (Å²) in [7, 11) is -3.65. The van der Waals surface area contributed by atoms with E-state index in [-0.39, 0.29) is 50.3 Å². The van der Waals surface area contributed by atoms with Crippen LogP contribution < -0.4 is 15.3 Å². The number of aromatic nitrogens is 3. The van der Waals surface area contributed by atoms with E-state index in [1.54, 1.807) is 4.90 Å². The van der Waals surface area contributed by atoms with Gasteiger partial charge in [0.15, 0.2) is 0 Å². The van der Waals surface area contributed by atoms with Gasteiger partial charge in [-0.2, -0.15) is 13.5 Å². The Balaban J connectivity index is 0.000000296. The average Bonchev–Trinajstić information content (AvgIpc) is 3.19. The number of carbonyl (C=O) groups excluding carboxylic acids is 1. The predicted molar refractivity (Wildman–Crippen MR) is 158 cm³/mol. The second-order valence-electron chi connectivity index (χ2n) is 8.56. The second-order valence-corrected chi connectivity index (χ2v) is 11.4. The number of halogens is 5. The van der Waals surface area contributed by atoms with Crippen LogP contribution in [0.2, 0.25) is 10.0 Å². The van der Waals surface area contributed by atoms with Crippen molar-refractivity contribution in [3.63, 3.8) is 0 Å². The van der Waals surface area contributed by atoms with Crippen LogP contribution >= 0.6 is 34.8 Å². The third-order valence-corrected chi connectivity index (χ3v) is 6.98. The number of ether oxygens (including phenoxy) is 1. The Hall–Kier alpha value is -2.71. The monoisotopic (exact) mass is 655 g/mol. The Morgan fingerprint density at radius 3 is 2.34 bits per heavy atom. The normalized spacial score (nSPS) is 11.3. The molecule has 0 unspecified atom stereocenters. The molecule has 1 N–H and O–H groups in total. The van der Waals surface area contributed by atoms with Gasteiger partial charge in [0.25, 0.3) is 0 Å². The predicted octanol–water partition coefficient (Wildman–Crippen LogP) is 5.54. The first-order chi connectivity index (χ1) is 19.2. The molecule has 1 heterocycles. The smallest absolute Gasteiger partial charge is 0.355 e. The SMILES string of the molecule is CCOCN(C(=O)CCl)c1c(C)cccc1CC.Cc1nn(-c2cc(NS(C)(=O)=O)c(Cl)cc2Cl)c(=O)n1C(F)F. The molecule has 1 amide bonds. The molecule has 0 saturated heterocycles. The van der Waals surface area contributed by atoms with Gasteiger partial charge in [-0.05, 0) is 50.5 Å². The van der Waals surface area contributed by atoms with E-state index < -0.39 is 22.3 Å². The zero-order chi connectivity index (χ0) is 31.1. The third kappa shape index (κ3) is 8.89. The van der Waals surface area contributed by atoms with Crippen LogP contribution in [-0.2, 0) is 26.0 Å². The fourth-order valence-electron chi connectivity index (χ4n) is 3.74. The van der Waals surface area contributed by atoms with Gasteiger partial charge in [0.1, 0.15) is 18.4 Å². The number of aryl methyl sites for hydroxylation is 3. The molecular formula is C25H30Cl3F2N5O5S. The number of benzene rings is 2. The van der Waals surface area contributed by atoms with Crippen LogP contribution in [0.5, 0.6) is 0 Å². The van der Waals surface area contributed by atoms with Gasteiger partial charge >= 0.3 is 12.2 Å². The minimum Gasteiger partial charge on any atom is -0.361 e. The highest BCUT2D eigenvalue weighted by atomic mass is 35.5. The lowest BCUT2D eigenvalue weighted by atomic mass is 10.0. The van der Waals surface area contributed by atoms with Gasteiger partial charge in [-0.3, -0.25) is 14.4 Å². The van der Waals surface area contributed by atoms with E-state index in [0.29, 0.717) is 11.3 Å². The maximum absolute atomic E-state index is 12.8. The number of hydrogen-bond donors (Lipinski definition) is 1.